The first-order valence-corrected chi connectivity index (χ1v) is 7.38. The van der Waals surface area contributed by atoms with Crippen LogP contribution < -0.4 is 10.2 Å². The lowest BCUT2D eigenvalue weighted by atomic mass is 10.1. The number of nitrogens with one attached hydrogen (secondary N) is 1. The van der Waals surface area contributed by atoms with Gasteiger partial charge < -0.3 is 15.1 Å². The molecule has 0 bridgehead atoms. The Labute approximate surface area is 122 Å². The molecule has 1 unspecified atom stereocenters. The second-order valence-electron chi connectivity index (χ2n) is 6.76. The molecule has 2 heterocycles. The van der Waals surface area contributed by atoms with Gasteiger partial charge in [-0.15, -0.1) is 5.10 Å². The minimum atomic E-state index is 0.104. The van der Waals surface area contributed by atoms with E-state index >= 15 is 0 Å². The molecule has 112 valence electrons. The van der Waals surface area contributed by atoms with Crippen molar-refractivity contribution >= 4 is 5.82 Å². The molecule has 0 aromatic carbocycles. The van der Waals surface area contributed by atoms with Crippen LogP contribution in [-0.2, 0) is 6.54 Å². The van der Waals surface area contributed by atoms with Crippen molar-refractivity contribution in [3.05, 3.63) is 17.8 Å². The molecule has 1 atom stereocenters. The number of aromatic nitrogens is 2. The molecule has 1 N–H and O–H groups in total. The van der Waals surface area contributed by atoms with Crippen molar-refractivity contribution in [2.24, 2.45) is 0 Å². The van der Waals surface area contributed by atoms with Crippen molar-refractivity contribution < 1.29 is 0 Å². The second kappa shape index (κ2) is 6.06. The quantitative estimate of drug-likeness (QED) is 0.907. The van der Waals surface area contributed by atoms with Crippen LogP contribution in [-0.4, -0.2) is 53.4 Å². The van der Waals surface area contributed by atoms with Crippen molar-refractivity contribution in [3.8, 4) is 0 Å². The molecule has 20 heavy (non-hydrogen) atoms. The molecule has 1 aromatic rings. The monoisotopic (exact) mass is 277 g/mol. The number of piperazine rings is 1. The molecule has 1 fully saturated rings. The lowest BCUT2D eigenvalue weighted by Crippen LogP contribution is -2.50. The van der Waals surface area contributed by atoms with Crippen LogP contribution in [0.25, 0.3) is 0 Å². The Bertz CT molecular complexity index is 423. The molecule has 5 heteroatoms. The summed E-state index contributed by atoms with van der Waals surface area (Å²) in [5.74, 6) is 0.990. The minimum Gasteiger partial charge on any atom is -0.352 e. The highest BCUT2D eigenvalue weighted by Gasteiger charge is 2.21. The van der Waals surface area contributed by atoms with Crippen molar-refractivity contribution in [2.45, 2.75) is 45.8 Å². The molecule has 2 rings (SSSR count). The topological polar surface area (TPSA) is 44.3 Å². The van der Waals surface area contributed by atoms with Crippen molar-refractivity contribution in [1.29, 1.82) is 0 Å². The van der Waals surface area contributed by atoms with E-state index in [-0.39, 0.29) is 5.54 Å². The molecule has 0 aliphatic carbocycles. The Morgan fingerprint density at radius 2 is 2.00 bits per heavy atom. The largest absolute Gasteiger partial charge is 0.352 e. The summed E-state index contributed by atoms with van der Waals surface area (Å²) in [7, 11) is 2.18. The fourth-order valence-corrected chi connectivity index (χ4v) is 2.23. The maximum Gasteiger partial charge on any atom is 0.151 e. The molecule has 1 aromatic heterocycles. The van der Waals surface area contributed by atoms with E-state index in [9.17, 15) is 0 Å². The van der Waals surface area contributed by atoms with Gasteiger partial charge in [-0.25, -0.2) is 0 Å². The molecule has 0 amide bonds. The van der Waals surface area contributed by atoms with Crippen molar-refractivity contribution in [2.75, 3.05) is 31.6 Å². The fraction of sp³-hybridized carbons (Fsp3) is 0.733. The number of likely N-dealkylation sites (N-methyl/N-ethyl adjacent to an activating group) is 1. The van der Waals surface area contributed by atoms with Gasteiger partial charge in [-0.3, -0.25) is 0 Å². The van der Waals surface area contributed by atoms with Crippen LogP contribution >= 0.6 is 0 Å². The van der Waals surface area contributed by atoms with Crippen molar-refractivity contribution in [1.82, 2.24) is 20.4 Å². The molecule has 5 nitrogen and oxygen atoms in total. The normalized spacial score (nSPS) is 21.2. The van der Waals surface area contributed by atoms with Crippen LogP contribution in [0.5, 0.6) is 0 Å². The number of hydrogen-bond acceptors (Lipinski definition) is 5. The predicted octanol–water partition coefficient (Wildman–Crippen LogP) is 1.50. The summed E-state index contributed by atoms with van der Waals surface area (Å²) < 4.78 is 0. The Hall–Kier alpha value is -1.20. The number of rotatable bonds is 3. The molecule has 0 saturated carbocycles. The van der Waals surface area contributed by atoms with Gasteiger partial charge in [-0.1, -0.05) is 0 Å². The van der Waals surface area contributed by atoms with Gasteiger partial charge in [-0.05, 0) is 46.9 Å². The highest BCUT2D eigenvalue weighted by atomic mass is 15.3. The van der Waals surface area contributed by atoms with Crippen LogP contribution in [0.4, 0.5) is 5.82 Å². The van der Waals surface area contributed by atoms with E-state index < -0.39 is 0 Å². The molecule has 0 spiro atoms. The van der Waals surface area contributed by atoms with Crippen molar-refractivity contribution in [3.63, 3.8) is 0 Å². The third kappa shape index (κ3) is 4.15. The summed E-state index contributed by atoms with van der Waals surface area (Å²) in [6.07, 6.45) is 0. The van der Waals surface area contributed by atoms with Gasteiger partial charge in [0, 0.05) is 37.8 Å². The predicted molar refractivity (Wildman–Crippen MR) is 82.9 cm³/mol. The Balaban J connectivity index is 1.94. The highest BCUT2D eigenvalue weighted by Crippen LogP contribution is 2.15. The van der Waals surface area contributed by atoms with E-state index in [1.165, 1.54) is 0 Å². The lowest BCUT2D eigenvalue weighted by molar-refractivity contribution is 0.233. The zero-order chi connectivity index (χ0) is 14.8. The Morgan fingerprint density at radius 3 is 2.55 bits per heavy atom. The maximum atomic E-state index is 4.38. The second-order valence-corrected chi connectivity index (χ2v) is 6.76. The first-order chi connectivity index (χ1) is 9.35. The molecule has 1 aliphatic heterocycles. The summed E-state index contributed by atoms with van der Waals surface area (Å²) in [6.45, 7) is 12.6. The summed E-state index contributed by atoms with van der Waals surface area (Å²) in [4.78, 5) is 4.70. The maximum absolute atomic E-state index is 4.38. The molecular formula is C15H27N5. The van der Waals surface area contributed by atoms with Crippen LogP contribution in [0.1, 0.15) is 33.4 Å². The van der Waals surface area contributed by atoms with Gasteiger partial charge in [0.05, 0.1) is 5.69 Å². The third-order valence-electron chi connectivity index (χ3n) is 3.79. The van der Waals surface area contributed by atoms with E-state index in [1.807, 2.05) is 0 Å². The first-order valence-electron chi connectivity index (χ1n) is 7.38. The number of anilines is 1. The zero-order valence-corrected chi connectivity index (χ0v) is 13.3. The average molecular weight is 277 g/mol. The summed E-state index contributed by atoms with van der Waals surface area (Å²) in [6, 6.07) is 4.72. The lowest BCUT2D eigenvalue weighted by Gasteiger charge is -2.38. The number of hydrogen-bond donors (Lipinski definition) is 1. The highest BCUT2D eigenvalue weighted by molar-refractivity contribution is 5.38. The van der Waals surface area contributed by atoms with E-state index in [0.717, 1.165) is 37.7 Å². The summed E-state index contributed by atoms with van der Waals surface area (Å²) >= 11 is 0. The summed E-state index contributed by atoms with van der Waals surface area (Å²) in [5.41, 5.74) is 1.10. The fourth-order valence-electron chi connectivity index (χ4n) is 2.23. The molecule has 0 radical (unpaired) electrons. The molecular weight excluding hydrogens is 250 g/mol. The van der Waals surface area contributed by atoms with Crippen LogP contribution in [0.15, 0.2) is 12.1 Å². The smallest absolute Gasteiger partial charge is 0.151 e. The Morgan fingerprint density at radius 1 is 1.25 bits per heavy atom. The zero-order valence-electron chi connectivity index (χ0n) is 13.3. The van der Waals surface area contributed by atoms with E-state index in [0.29, 0.717) is 6.04 Å². The third-order valence-corrected chi connectivity index (χ3v) is 3.79. The molecule has 1 aliphatic rings. The minimum absolute atomic E-state index is 0.104. The van der Waals surface area contributed by atoms with E-state index in [1.54, 1.807) is 0 Å². The van der Waals surface area contributed by atoms with Crippen LogP contribution in [0, 0.1) is 0 Å². The Kier molecular flexibility index (Phi) is 4.60. The van der Waals surface area contributed by atoms with Gasteiger partial charge in [0.15, 0.2) is 5.82 Å². The van der Waals surface area contributed by atoms with Crippen LogP contribution in [0.2, 0.25) is 0 Å². The van der Waals surface area contributed by atoms with E-state index in [2.05, 4.69) is 72.2 Å². The average Bonchev–Trinajstić information content (AvgIpc) is 2.39. The SMILES string of the molecule is CC1CN(c2ccc(CNC(C)(C)C)nn2)CCN1C. The first kappa shape index (κ1) is 15.2. The standard InChI is InChI=1S/C15H27N5/c1-12-11-20(9-8-19(12)5)14-7-6-13(17-18-14)10-16-15(2,3)4/h6-7,12,16H,8-11H2,1-5H3. The number of nitrogens with zero attached hydrogens (tertiary/aromatic N) is 4. The van der Waals surface area contributed by atoms with Gasteiger partial charge in [-0.2, -0.15) is 5.10 Å². The summed E-state index contributed by atoms with van der Waals surface area (Å²) in [5, 5.41) is 12.1. The van der Waals surface area contributed by atoms with E-state index in [4.69, 9.17) is 0 Å². The van der Waals surface area contributed by atoms with Gasteiger partial charge in [0.1, 0.15) is 0 Å². The van der Waals surface area contributed by atoms with Gasteiger partial charge in [0.2, 0.25) is 0 Å². The van der Waals surface area contributed by atoms with Gasteiger partial charge in [0.25, 0.3) is 0 Å². The van der Waals surface area contributed by atoms with Crippen LogP contribution in [0.3, 0.4) is 0 Å². The molecule has 1 saturated heterocycles. The van der Waals surface area contributed by atoms with Gasteiger partial charge >= 0.3 is 0 Å².